The highest BCUT2D eigenvalue weighted by atomic mass is 16.4. The predicted molar refractivity (Wildman–Crippen MR) is 63.6 cm³/mol. The van der Waals surface area contributed by atoms with Gasteiger partial charge < -0.3 is 10.0 Å². The molecule has 1 heterocycles. The van der Waals surface area contributed by atoms with E-state index in [4.69, 9.17) is 10.4 Å². The van der Waals surface area contributed by atoms with E-state index in [9.17, 15) is 4.79 Å². The van der Waals surface area contributed by atoms with Gasteiger partial charge in [0.15, 0.2) is 5.69 Å². The molecule has 1 unspecified atom stereocenters. The second-order valence-corrected chi connectivity index (χ2v) is 3.76. The molecule has 0 fully saturated rings. The molecule has 0 aliphatic heterocycles. The average molecular weight is 233 g/mol. The van der Waals surface area contributed by atoms with Crippen LogP contribution in [0.3, 0.4) is 0 Å². The van der Waals surface area contributed by atoms with Gasteiger partial charge in [0.1, 0.15) is 6.07 Å². The molecule has 17 heavy (non-hydrogen) atoms. The molecule has 5 heteroatoms. The van der Waals surface area contributed by atoms with Crippen molar-refractivity contribution >= 4 is 11.7 Å². The lowest BCUT2D eigenvalue weighted by Crippen LogP contribution is -2.32. The monoisotopic (exact) mass is 233 g/mol. The molecular weight excluding hydrogens is 218 g/mol. The van der Waals surface area contributed by atoms with Crippen molar-refractivity contribution < 1.29 is 9.90 Å². The van der Waals surface area contributed by atoms with Gasteiger partial charge in [0, 0.05) is 19.3 Å². The fourth-order valence-electron chi connectivity index (χ4n) is 1.54. The van der Waals surface area contributed by atoms with Crippen LogP contribution in [0.25, 0.3) is 0 Å². The molecule has 0 spiro atoms. The maximum atomic E-state index is 10.8. The molecule has 1 aromatic rings. The molecule has 0 saturated carbocycles. The number of carboxylic acids is 1. The van der Waals surface area contributed by atoms with Gasteiger partial charge in [-0.1, -0.05) is 6.92 Å². The molecule has 1 rings (SSSR count). The summed E-state index contributed by atoms with van der Waals surface area (Å²) in [5.41, 5.74) is 1.01. The Hall–Kier alpha value is -2.09. The zero-order chi connectivity index (χ0) is 12.8. The van der Waals surface area contributed by atoms with E-state index in [1.807, 2.05) is 17.9 Å². The van der Waals surface area contributed by atoms with E-state index in [1.54, 1.807) is 25.3 Å². The Balaban J connectivity index is 2.94. The first kappa shape index (κ1) is 13.0. The Labute approximate surface area is 100 Å². The summed E-state index contributed by atoms with van der Waals surface area (Å²) < 4.78 is 0. The Bertz CT molecular complexity index is 440. The van der Waals surface area contributed by atoms with Gasteiger partial charge in [-0.25, -0.2) is 4.98 Å². The van der Waals surface area contributed by atoms with E-state index in [0.717, 1.165) is 0 Å². The van der Waals surface area contributed by atoms with Crippen LogP contribution in [0.1, 0.15) is 19.5 Å². The number of carbonyl (C=O) groups is 1. The Morgan fingerprint density at radius 3 is 2.94 bits per heavy atom. The number of pyridine rings is 1. The minimum absolute atomic E-state index is 0.326. The van der Waals surface area contributed by atoms with E-state index < -0.39 is 11.9 Å². The standard InChI is InChI=1S/C12H15N3O2/c1-3-15(8-9(2)12(16)17)11-5-4-6-14-10(11)7-13/h4-6,9H,3,8H2,1-2H3,(H,16,17). The first-order valence-corrected chi connectivity index (χ1v) is 5.43. The molecule has 1 N–H and O–H groups in total. The van der Waals surface area contributed by atoms with Gasteiger partial charge in [-0.3, -0.25) is 4.79 Å². The molecule has 0 radical (unpaired) electrons. The number of anilines is 1. The maximum Gasteiger partial charge on any atom is 0.308 e. The summed E-state index contributed by atoms with van der Waals surface area (Å²) in [6.07, 6.45) is 1.55. The quantitative estimate of drug-likeness (QED) is 0.833. The molecular formula is C12H15N3O2. The third kappa shape index (κ3) is 3.18. The van der Waals surface area contributed by atoms with Crippen molar-refractivity contribution in [1.29, 1.82) is 5.26 Å². The van der Waals surface area contributed by atoms with Crippen LogP contribution in [0, 0.1) is 17.2 Å². The lowest BCUT2D eigenvalue weighted by molar-refractivity contribution is -0.140. The molecule has 0 bridgehead atoms. The van der Waals surface area contributed by atoms with Crippen molar-refractivity contribution in [1.82, 2.24) is 4.98 Å². The Morgan fingerprint density at radius 1 is 1.71 bits per heavy atom. The normalized spacial score (nSPS) is 11.6. The zero-order valence-corrected chi connectivity index (χ0v) is 9.92. The first-order valence-electron chi connectivity index (χ1n) is 5.43. The lowest BCUT2D eigenvalue weighted by atomic mass is 10.1. The summed E-state index contributed by atoms with van der Waals surface area (Å²) in [5, 5.41) is 17.8. The van der Waals surface area contributed by atoms with Crippen LogP contribution >= 0.6 is 0 Å². The van der Waals surface area contributed by atoms with E-state index in [1.165, 1.54) is 0 Å². The van der Waals surface area contributed by atoms with Crippen LogP contribution in [0.5, 0.6) is 0 Å². The summed E-state index contributed by atoms with van der Waals surface area (Å²) in [6, 6.07) is 5.53. The third-order valence-electron chi connectivity index (χ3n) is 2.53. The van der Waals surface area contributed by atoms with E-state index in [2.05, 4.69) is 4.98 Å². The number of aliphatic carboxylic acids is 1. The van der Waals surface area contributed by atoms with Crippen LogP contribution in [0.15, 0.2) is 18.3 Å². The van der Waals surface area contributed by atoms with Crippen molar-refractivity contribution in [2.75, 3.05) is 18.0 Å². The lowest BCUT2D eigenvalue weighted by Gasteiger charge is -2.25. The summed E-state index contributed by atoms with van der Waals surface area (Å²) in [4.78, 5) is 16.6. The number of nitrogens with zero attached hydrogens (tertiary/aromatic N) is 3. The number of hydrogen-bond donors (Lipinski definition) is 1. The average Bonchev–Trinajstić information content (AvgIpc) is 2.35. The Kier molecular flexibility index (Phi) is 4.46. The molecule has 90 valence electrons. The smallest absolute Gasteiger partial charge is 0.308 e. The molecule has 5 nitrogen and oxygen atoms in total. The number of carboxylic acid groups (broad SMARTS) is 1. The molecule has 0 amide bonds. The molecule has 1 atom stereocenters. The van der Waals surface area contributed by atoms with E-state index >= 15 is 0 Å². The van der Waals surface area contributed by atoms with Gasteiger partial charge in [0.25, 0.3) is 0 Å². The fourth-order valence-corrected chi connectivity index (χ4v) is 1.54. The number of aromatic nitrogens is 1. The fraction of sp³-hybridized carbons (Fsp3) is 0.417. The molecule has 0 aliphatic rings. The summed E-state index contributed by atoms with van der Waals surface area (Å²) in [7, 11) is 0. The molecule has 0 aliphatic carbocycles. The van der Waals surface area contributed by atoms with Gasteiger partial charge in [0.05, 0.1) is 11.6 Å². The van der Waals surface area contributed by atoms with Crippen LogP contribution in [-0.4, -0.2) is 29.1 Å². The largest absolute Gasteiger partial charge is 0.481 e. The van der Waals surface area contributed by atoms with Gasteiger partial charge in [0.2, 0.25) is 0 Å². The number of rotatable bonds is 5. The van der Waals surface area contributed by atoms with Crippen molar-refractivity contribution in [3.63, 3.8) is 0 Å². The molecule has 1 aromatic heterocycles. The van der Waals surface area contributed by atoms with Crippen molar-refractivity contribution in [2.24, 2.45) is 5.92 Å². The van der Waals surface area contributed by atoms with Gasteiger partial charge in [-0.2, -0.15) is 5.26 Å². The van der Waals surface area contributed by atoms with Crippen LogP contribution < -0.4 is 4.90 Å². The van der Waals surface area contributed by atoms with Crippen LogP contribution in [-0.2, 0) is 4.79 Å². The van der Waals surface area contributed by atoms with Crippen LogP contribution in [0.4, 0.5) is 5.69 Å². The minimum atomic E-state index is -0.842. The van der Waals surface area contributed by atoms with Gasteiger partial charge >= 0.3 is 5.97 Å². The minimum Gasteiger partial charge on any atom is -0.481 e. The summed E-state index contributed by atoms with van der Waals surface area (Å²) in [5.74, 6) is -1.33. The third-order valence-corrected chi connectivity index (χ3v) is 2.53. The second-order valence-electron chi connectivity index (χ2n) is 3.76. The van der Waals surface area contributed by atoms with Crippen molar-refractivity contribution in [3.05, 3.63) is 24.0 Å². The Morgan fingerprint density at radius 2 is 2.41 bits per heavy atom. The number of nitriles is 1. The van der Waals surface area contributed by atoms with E-state index in [0.29, 0.717) is 24.5 Å². The highest BCUT2D eigenvalue weighted by Crippen LogP contribution is 2.18. The van der Waals surface area contributed by atoms with E-state index in [-0.39, 0.29) is 0 Å². The highest BCUT2D eigenvalue weighted by molar-refractivity contribution is 5.70. The van der Waals surface area contributed by atoms with Crippen molar-refractivity contribution in [3.8, 4) is 6.07 Å². The predicted octanol–water partition coefficient (Wildman–Crippen LogP) is 1.50. The molecule has 0 aromatic carbocycles. The van der Waals surface area contributed by atoms with Gasteiger partial charge in [-0.05, 0) is 19.1 Å². The summed E-state index contributed by atoms with van der Waals surface area (Å²) in [6.45, 7) is 4.57. The zero-order valence-electron chi connectivity index (χ0n) is 9.92. The summed E-state index contributed by atoms with van der Waals surface area (Å²) >= 11 is 0. The van der Waals surface area contributed by atoms with Crippen molar-refractivity contribution in [2.45, 2.75) is 13.8 Å². The maximum absolute atomic E-state index is 10.8. The number of hydrogen-bond acceptors (Lipinski definition) is 4. The SMILES string of the molecule is CCN(CC(C)C(=O)O)c1cccnc1C#N. The van der Waals surface area contributed by atoms with Crippen LogP contribution in [0.2, 0.25) is 0 Å². The first-order chi connectivity index (χ1) is 8.10. The molecule has 0 saturated heterocycles. The van der Waals surface area contributed by atoms with Gasteiger partial charge in [-0.15, -0.1) is 0 Å². The topological polar surface area (TPSA) is 77.2 Å². The second kappa shape index (κ2) is 5.85. The highest BCUT2D eigenvalue weighted by Gasteiger charge is 2.17.